The molecule has 0 spiro atoms. The summed E-state index contributed by atoms with van der Waals surface area (Å²) in [6.45, 7) is 8.77. The van der Waals surface area contributed by atoms with E-state index in [0.717, 1.165) is 10.0 Å². The van der Waals surface area contributed by atoms with Gasteiger partial charge in [-0.3, -0.25) is 9.59 Å². The number of hydrogen-bond acceptors (Lipinski definition) is 4. The van der Waals surface area contributed by atoms with Gasteiger partial charge in [0.2, 0.25) is 11.8 Å². The molecule has 174 valence electrons. The Morgan fingerprint density at radius 1 is 0.906 bits per heavy atom. The minimum absolute atomic E-state index is 0.0364. The second-order valence-corrected chi connectivity index (χ2v) is 10.2. The molecule has 0 unspecified atom stereocenters. The summed E-state index contributed by atoms with van der Waals surface area (Å²) in [4.78, 5) is 43.0. The highest BCUT2D eigenvalue weighted by atomic mass is 79.9. The zero-order valence-electron chi connectivity index (χ0n) is 19.1. The Hall–Kier alpha value is -2.35. The number of amides is 3. The van der Waals surface area contributed by atoms with Gasteiger partial charge in [0.25, 0.3) is 0 Å². The highest BCUT2D eigenvalue weighted by Gasteiger charge is 2.33. The van der Waals surface area contributed by atoms with Gasteiger partial charge in [-0.2, -0.15) is 0 Å². The summed E-state index contributed by atoms with van der Waals surface area (Å²) in [5, 5.41) is 0. The number of halogens is 1. The van der Waals surface area contributed by atoms with E-state index in [1.54, 1.807) is 15.9 Å². The number of likely N-dealkylation sites (tertiary alicyclic amines) is 1. The topological polar surface area (TPSA) is 70.2 Å². The van der Waals surface area contributed by atoms with Gasteiger partial charge in [-0.25, -0.2) is 4.79 Å². The number of carbonyl (C=O) groups is 3. The molecular weight excluding hydrogens is 474 g/mol. The standard InChI is InChI=1S/C24H32BrN3O4/c1-24(2,3)32-23(31)28-12-10-19(11-13-28)22(30)27-16-14-26(15-17-27)21(29)9-6-18-4-7-20(25)8-5-18/h4-9,19H,10-17H2,1-3H3/b9-6+. The molecule has 1 aromatic carbocycles. The number of hydrogen-bond donors (Lipinski definition) is 0. The molecule has 32 heavy (non-hydrogen) atoms. The highest BCUT2D eigenvalue weighted by molar-refractivity contribution is 9.10. The Kier molecular flexibility index (Phi) is 7.98. The summed E-state index contributed by atoms with van der Waals surface area (Å²) in [5.41, 5.74) is 0.446. The van der Waals surface area contributed by atoms with E-state index in [1.165, 1.54) is 0 Å². The fraction of sp³-hybridized carbons (Fsp3) is 0.542. The maximum atomic E-state index is 12.9. The van der Waals surface area contributed by atoms with E-state index in [0.29, 0.717) is 52.1 Å². The predicted molar refractivity (Wildman–Crippen MR) is 127 cm³/mol. The van der Waals surface area contributed by atoms with Crippen molar-refractivity contribution in [2.45, 2.75) is 39.2 Å². The van der Waals surface area contributed by atoms with Gasteiger partial charge in [0.1, 0.15) is 5.60 Å². The lowest BCUT2D eigenvalue weighted by molar-refractivity contribution is -0.141. The SMILES string of the molecule is CC(C)(C)OC(=O)N1CCC(C(=O)N2CCN(C(=O)/C=C/c3ccc(Br)cc3)CC2)CC1. The molecule has 2 saturated heterocycles. The molecule has 2 aliphatic rings. The quantitative estimate of drug-likeness (QED) is 0.586. The van der Waals surface area contributed by atoms with Crippen LogP contribution in [0.15, 0.2) is 34.8 Å². The molecule has 0 N–H and O–H groups in total. The molecule has 3 amide bonds. The van der Waals surface area contributed by atoms with Crippen LogP contribution in [-0.4, -0.2) is 77.5 Å². The van der Waals surface area contributed by atoms with E-state index < -0.39 is 5.60 Å². The van der Waals surface area contributed by atoms with E-state index >= 15 is 0 Å². The smallest absolute Gasteiger partial charge is 0.410 e. The van der Waals surface area contributed by atoms with Crippen LogP contribution in [0, 0.1) is 5.92 Å². The molecule has 0 radical (unpaired) electrons. The van der Waals surface area contributed by atoms with E-state index in [-0.39, 0.29) is 23.8 Å². The van der Waals surface area contributed by atoms with Crippen molar-refractivity contribution in [3.05, 3.63) is 40.4 Å². The molecule has 2 heterocycles. The number of carbonyl (C=O) groups excluding carboxylic acids is 3. The normalized spacial score (nSPS) is 18.2. The van der Waals surface area contributed by atoms with Crippen LogP contribution >= 0.6 is 15.9 Å². The van der Waals surface area contributed by atoms with Gasteiger partial charge in [0.05, 0.1) is 0 Å². The first-order valence-electron chi connectivity index (χ1n) is 11.1. The molecule has 2 aliphatic heterocycles. The van der Waals surface area contributed by atoms with Gasteiger partial charge in [-0.05, 0) is 57.4 Å². The minimum atomic E-state index is -0.520. The molecule has 1 aromatic rings. The van der Waals surface area contributed by atoms with E-state index in [4.69, 9.17) is 4.74 Å². The summed E-state index contributed by atoms with van der Waals surface area (Å²) in [6, 6.07) is 7.76. The van der Waals surface area contributed by atoms with E-state index in [1.807, 2.05) is 56.0 Å². The molecule has 0 aromatic heterocycles. The Morgan fingerprint density at radius 3 is 2.03 bits per heavy atom. The van der Waals surface area contributed by atoms with Gasteiger partial charge in [0, 0.05) is 55.7 Å². The number of benzene rings is 1. The Balaban J connectivity index is 1.43. The van der Waals surface area contributed by atoms with Crippen LogP contribution in [0.25, 0.3) is 6.08 Å². The Labute approximate surface area is 198 Å². The second-order valence-electron chi connectivity index (χ2n) is 9.28. The van der Waals surface area contributed by atoms with Crippen LogP contribution in [0.3, 0.4) is 0 Å². The molecule has 2 fully saturated rings. The average Bonchev–Trinajstić information content (AvgIpc) is 2.77. The van der Waals surface area contributed by atoms with Crippen molar-refractivity contribution in [1.29, 1.82) is 0 Å². The summed E-state index contributed by atoms with van der Waals surface area (Å²) in [7, 11) is 0. The third-order valence-electron chi connectivity index (χ3n) is 5.69. The van der Waals surface area contributed by atoms with Crippen LogP contribution in [0.4, 0.5) is 4.79 Å². The third-order valence-corrected chi connectivity index (χ3v) is 6.22. The van der Waals surface area contributed by atoms with Crippen molar-refractivity contribution < 1.29 is 19.1 Å². The number of piperazine rings is 1. The molecule has 0 saturated carbocycles. The van der Waals surface area contributed by atoms with Gasteiger partial charge < -0.3 is 19.4 Å². The summed E-state index contributed by atoms with van der Waals surface area (Å²) in [6.07, 6.45) is 4.38. The lowest BCUT2D eigenvalue weighted by Gasteiger charge is -2.38. The number of rotatable bonds is 3. The Morgan fingerprint density at radius 2 is 1.47 bits per heavy atom. The van der Waals surface area contributed by atoms with Crippen LogP contribution in [0.1, 0.15) is 39.2 Å². The van der Waals surface area contributed by atoms with Crippen molar-refractivity contribution in [1.82, 2.24) is 14.7 Å². The molecule has 0 bridgehead atoms. The largest absolute Gasteiger partial charge is 0.444 e. The maximum absolute atomic E-state index is 12.9. The van der Waals surface area contributed by atoms with Crippen molar-refractivity contribution in [2.75, 3.05) is 39.3 Å². The lowest BCUT2D eigenvalue weighted by Crippen LogP contribution is -2.53. The molecule has 0 atom stereocenters. The van der Waals surface area contributed by atoms with Crippen LogP contribution < -0.4 is 0 Å². The monoisotopic (exact) mass is 505 g/mol. The molecule has 8 heteroatoms. The number of nitrogens with zero attached hydrogens (tertiary/aromatic N) is 3. The van der Waals surface area contributed by atoms with Crippen LogP contribution in [0.2, 0.25) is 0 Å². The van der Waals surface area contributed by atoms with E-state index in [2.05, 4.69) is 15.9 Å². The molecule has 3 rings (SSSR count). The van der Waals surface area contributed by atoms with Crippen molar-refractivity contribution in [3.63, 3.8) is 0 Å². The van der Waals surface area contributed by atoms with Gasteiger partial charge in [-0.15, -0.1) is 0 Å². The fourth-order valence-corrected chi connectivity index (χ4v) is 4.15. The predicted octanol–water partition coefficient (Wildman–Crippen LogP) is 3.78. The summed E-state index contributed by atoms with van der Waals surface area (Å²) >= 11 is 3.40. The summed E-state index contributed by atoms with van der Waals surface area (Å²) < 4.78 is 6.42. The van der Waals surface area contributed by atoms with Gasteiger partial charge in [-0.1, -0.05) is 28.1 Å². The maximum Gasteiger partial charge on any atom is 0.410 e. The minimum Gasteiger partial charge on any atom is -0.444 e. The molecular formula is C24H32BrN3O4. The first kappa shape index (κ1) is 24.3. The zero-order chi connectivity index (χ0) is 23.3. The van der Waals surface area contributed by atoms with Crippen LogP contribution in [0.5, 0.6) is 0 Å². The fourth-order valence-electron chi connectivity index (χ4n) is 3.89. The lowest BCUT2D eigenvalue weighted by atomic mass is 9.95. The highest BCUT2D eigenvalue weighted by Crippen LogP contribution is 2.22. The second kappa shape index (κ2) is 10.5. The number of ether oxygens (including phenoxy) is 1. The van der Waals surface area contributed by atoms with E-state index in [9.17, 15) is 14.4 Å². The number of piperidine rings is 1. The summed E-state index contributed by atoms with van der Waals surface area (Å²) in [5.74, 6) is 0.0188. The zero-order valence-corrected chi connectivity index (χ0v) is 20.6. The van der Waals surface area contributed by atoms with Crippen molar-refractivity contribution >= 4 is 39.9 Å². The first-order chi connectivity index (χ1) is 15.1. The van der Waals surface area contributed by atoms with Crippen molar-refractivity contribution in [3.8, 4) is 0 Å². The van der Waals surface area contributed by atoms with Gasteiger partial charge in [0.15, 0.2) is 0 Å². The average molecular weight is 506 g/mol. The molecule has 7 nitrogen and oxygen atoms in total. The third kappa shape index (κ3) is 6.82. The van der Waals surface area contributed by atoms with Crippen molar-refractivity contribution in [2.24, 2.45) is 5.92 Å². The van der Waals surface area contributed by atoms with Crippen LogP contribution in [-0.2, 0) is 14.3 Å². The van der Waals surface area contributed by atoms with Gasteiger partial charge >= 0.3 is 6.09 Å². The Bertz CT molecular complexity index is 847. The first-order valence-corrected chi connectivity index (χ1v) is 11.9. The molecule has 0 aliphatic carbocycles.